The second-order valence-corrected chi connectivity index (χ2v) is 5.25. The molecule has 2 N–H and O–H groups in total. The third-order valence-electron chi connectivity index (χ3n) is 2.86. The highest BCUT2D eigenvalue weighted by molar-refractivity contribution is 9.10. The molecule has 0 saturated heterocycles. The Hall–Kier alpha value is -1.56. The predicted octanol–water partition coefficient (Wildman–Crippen LogP) is 2.09. The number of rotatable bonds is 3. The Morgan fingerprint density at radius 3 is 2.33 bits per heavy atom. The van der Waals surface area contributed by atoms with E-state index in [2.05, 4.69) is 15.9 Å². The normalized spacial score (nSPS) is 11.1. The summed E-state index contributed by atoms with van der Waals surface area (Å²) in [4.78, 5) is 24.3. The molecule has 0 saturated carbocycles. The van der Waals surface area contributed by atoms with E-state index in [1.165, 1.54) is 39.1 Å². The summed E-state index contributed by atoms with van der Waals surface area (Å²) in [6.45, 7) is 2.87. The van der Waals surface area contributed by atoms with E-state index < -0.39 is 17.4 Å². The van der Waals surface area contributed by atoms with Crippen molar-refractivity contribution in [3.63, 3.8) is 0 Å². The number of aliphatic carboxylic acids is 1. The zero-order valence-corrected chi connectivity index (χ0v) is 11.9. The summed E-state index contributed by atoms with van der Waals surface area (Å²) in [5.74, 6) is -1.63. The summed E-state index contributed by atoms with van der Waals surface area (Å²) in [6, 6.07) is 4.34. The van der Waals surface area contributed by atoms with Gasteiger partial charge in [-0.25, -0.2) is 4.79 Å². The number of nitrogens with zero attached hydrogens (tertiary/aromatic N) is 1. The molecule has 0 aliphatic rings. The minimum atomic E-state index is -1.32. The molecule has 98 valence electrons. The quantitative estimate of drug-likeness (QED) is 0.895. The van der Waals surface area contributed by atoms with Crippen LogP contribution in [-0.4, -0.2) is 39.6 Å². The molecular weight excluding hydrogens is 302 g/mol. The molecule has 0 aliphatic carbocycles. The SMILES string of the molecule is CN(C(=O)c1ccc(Br)c(O)c1)C(C)(C)C(=O)O. The number of carboxylic acid groups (broad SMARTS) is 1. The van der Waals surface area contributed by atoms with Gasteiger partial charge < -0.3 is 15.1 Å². The average molecular weight is 316 g/mol. The zero-order valence-electron chi connectivity index (χ0n) is 10.3. The number of halogens is 1. The van der Waals surface area contributed by atoms with E-state index in [1.807, 2.05) is 0 Å². The smallest absolute Gasteiger partial charge is 0.329 e. The largest absolute Gasteiger partial charge is 0.507 e. The molecule has 1 aromatic carbocycles. The Bertz CT molecular complexity index is 499. The average Bonchev–Trinajstić information content (AvgIpc) is 2.30. The number of phenolic OH excluding ortho intramolecular Hbond substituents is 1. The van der Waals surface area contributed by atoms with Gasteiger partial charge in [0.05, 0.1) is 4.47 Å². The molecule has 0 aliphatic heterocycles. The van der Waals surface area contributed by atoms with Crippen molar-refractivity contribution in [3.05, 3.63) is 28.2 Å². The van der Waals surface area contributed by atoms with Gasteiger partial charge >= 0.3 is 5.97 Å². The first kappa shape index (κ1) is 14.5. The minimum absolute atomic E-state index is 0.0672. The van der Waals surface area contributed by atoms with Crippen LogP contribution in [0.3, 0.4) is 0 Å². The van der Waals surface area contributed by atoms with Gasteiger partial charge in [0, 0.05) is 12.6 Å². The Morgan fingerprint density at radius 2 is 1.89 bits per heavy atom. The molecule has 0 fully saturated rings. The molecule has 0 unspecified atom stereocenters. The van der Waals surface area contributed by atoms with Crippen LogP contribution >= 0.6 is 15.9 Å². The van der Waals surface area contributed by atoms with Crippen molar-refractivity contribution in [2.45, 2.75) is 19.4 Å². The number of benzene rings is 1. The molecular formula is C12H14BrNO4. The molecule has 0 bridgehead atoms. The number of amides is 1. The lowest BCUT2D eigenvalue weighted by Gasteiger charge is -2.31. The van der Waals surface area contributed by atoms with Gasteiger partial charge in [0.1, 0.15) is 11.3 Å². The molecule has 5 nitrogen and oxygen atoms in total. The van der Waals surface area contributed by atoms with Crippen LogP contribution in [0.25, 0.3) is 0 Å². The number of carboxylic acids is 1. The van der Waals surface area contributed by atoms with Gasteiger partial charge in [0.15, 0.2) is 0 Å². The van der Waals surface area contributed by atoms with Crippen molar-refractivity contribution >= 4 is 27.8 Å². The van der Waals surface area contributed by atoms with E-state index >= 15 is 0 Å². The maximum absolute atomic E-state index is 12.1. The highest BCUT2D eigenvalue weighted by atomic mass is 79.9. The zero-order chi connectivity index (χ0) is 14.1. The fraction of sp³-hybridized carbons (Fsp3) is 0.333. The first-order chi connectivity index (χ1) is 8.17. The maximum atomic E-state index is 12.1. The van der Waals surface area contributed by atoms with E-state index in [1.54, 1.807) is 0 Å². The number of phenols is 1. The molecule has 0 radical (unpaired) electrons. The number of aromatic hydroxyl groups is 1. The van der Waals surface area contributed by atoms with Gasteiger partial charge in [0.2, 0.25) is 0 Å². The van der Waals surface area contributed by atoms with E-state index in [-0.39, 0.29) is 11.3 Å². The van der Waals surface area contributed by atoms with Gasteiger partial charge in [-0.2, -0.15) is 0 Å². The molecule has 1 rings (SSSR count). The van der Waals surface area contributed by atoms with E-state index in [0.29, 0.717) is 4.47 Å². The molecule has 6 heteroatoms. The van der Waals surface area contributed by atoms with E-state index in [0.717, 1.165) is 4.90 Å². The molecule has 0 atom stereocenters. The van der Waals surface area contributed by atoms with E-state index in [9.17, 15) is 14.7 Å². The van der Waals surface area contributed by atoms with Gasteiger partial charge in [-0.05, 0) is 48.0 Å². The monoisotopic (exact) mass is 315 g/mol. The van der Waals surface area contributed by atoms with Gasteiger partial charge in [-0.1, -0.05) is 0 Å². The molecule has 0 spiro atoms. The molecule has 0 heterocycles. The van der Waals surface area contributed by atoms with Gasteiger partial charge in [0.25, 0.3) is 5.91 Å². The topological polar surface area (TPSA) is 77.8 Å². The summed E-state index contributed by atoms with van der Waals surface area (Å²) in [7, 11) is 1.41. The number of carbonyl (C=O) groups is 2. The third-order valence-corrected chi connectivity index (χ3v) is 3.53. The summed E-state index contributed by atoms with van der Waals surface area (Å²) in [5, 5.41) is 18.6. The third kappa shape index (κ3) is 2.64. The van der Waals surface area contributed by atoms with Crippen molar-refractivity contribution in [1.29, 1.82) is 0 Å². The molecule has 1 aromatic rings. The number of hydrogen-bond donors (Lipinski definition) is 2. The highest BCUT2D eigenvalue weighted by Crippen LogP contribution is 2.26. The highest BCUT2D eigenvalue weighted by Gasteiger charge is 2.35. The fourth-order valence-electron chi connectivity index (χ4n) is 1.24. The Labute approximate surface area is 113 Å². The summed E-state index contributed by atoms with van der Waals surface area (Å²) in [5.41, 5.74) is -1.09. The first-order valence-corrected chi connectivity index (χ1v) is 5.97. The lowest BCUT2D eigenvalue weighted by atomic mass is 10.0. The molecule has 18 heavy (non-hydrogen) atoms. The molecule has 0 aromatic heterocycles. The number of hydrogen-bond acceptors (Lipinski definition) is 3. The van der Waals surface area contributed by atoms with Crippen LogP contribution in [-0.2, 0) is 4.79 Å². The predicted molar refractivity (Wildman–Crippen MR) is 69.6 cm³/mol. The first-order valence-electron chi connectivity index (χ1n) is 5.18. The van der Waals surface area contributed by atoms with Gasteiger partial charge in [-0.3, -0.25) is 4.79 Å². The summed E-state index contributed by atoms with van der Waals surface area (Å²) < 4.78 is 0.471. The van der Waals surface area contributed by atoms with Gasteiger partial charge in [-0.15, -0.1) is 0 Å². The summed E-state index contributed by atoms with van der Waals surface area (Å²) >= 11 is 3.11. The van der Waals surface area contributed by atoms with Crippen LogP contribution < -0.4 is 0 Å². The summed E-state index contributed by atoms with van der Waals surface area (Å²) in [6.07, 6.45) is 0. The van der Waals surface area contributed by atoms with Crippen molar-refractivity contribution in [2.24, 2.45) is 0 Å². The lowest BCUT2D eigenvalue weighted by molar-refractivity contribution is -0.147. The Balaban J connectivity index is 3.07. The van der Waals surface area contributed by atoms with Crippen LogP contribution in [0, 0.1) is 0 Å². The standard InChI is InChI=1S/C12H14BrNO4/c1-12(2,11(17)18)14(3)10(16)7-4-5-8(13)9(15)6-7/h4-6,15H,1-3H3,(H,17,18). The van der Waals surface area contributed by atoms with Crippen LogP contribution in [0.5, 0.6) is 5.75 Å². The van der Waals surface area contributed by atoms with Crippen molar-refractivity contribution in [2.75, 3.05) is 7.05 Å². The second-order valence-electron chi connectivity index (χ2n) is 4.39. The lowest BCUT2D eigenvalue weighted by Crippen LogP contribution is -2.50. The fourth-order valence-corrected chi connectivity index (χ4v) is 1.48. The van der Waals surface area contributed by atoms with Crippen molar-refractivity contribution < 1.29 is 19.8 Å². The second kappa shape index (κ2) is 4.97. The van der Waals surface area contributed by atoms with Crippen LogP contribution in [0.1, 0.15) is 24.2 Å². The Morgan fingerprint density at radius 1 is 1.33 bits per heavy atom. The van der Waals surface area contributed by atoms with Crippen LogP contribution in [0.15, 0.2) is 22.7 Å². The Kier molecular flexibility index (Phi) is 4.01. The number of carbonyl (C=O) groups excluding carboxylic acids is 1. The maximum Gasteiger partial charge on any atom is 0.329 e. The molecule has 1 amide bonds. The van der Waals surface area contributed by atoms with Crippen molar-refractivity contribution in [1.82, 2.24) is 4.90 Å². The van der Waals surface area contributed by atoms with Crippen LogP contribution in [0.4, 0.5) is 0 Å². The number of likely N-dealkylation sites (N-methyl/N-ethyl adjacent to an activating group) is 1. The van der Waals surface area contributed by atoms with Crippen LogP contribution in [0.2, 0.25) is 0 Å². The minimum Gasteiger partial charge on any atom is -0.507 e. The van der Waals surface area contributed by atoms with E-state index in [4.69, 9.17) is 5.11 Å². The van der Waals surface area contributed by atoms with Crippen molar-refractivity contribution in [3.8, 4) is 5.75 Å².